The van der Waals surface area contributed by atoms with Gasteiger partial charge in [0.05, 0.1) is 11.4 Å². The van der Waals surface area contributed by atoms with Crippen molar-refractivity contribution in [3.8, 4) is 0 Å². The smallest absolute Gasteiger partial charge is 0.250 e. The van der Waals surface area contributed by atoms with Gasteiger partial charge in [-0.25, -0.2) is 0 Å². The first-order valence-corrected chi connectivity index (χ1v) is 5.96. The Labute approximate surface area is 114 Å². The molecule has 1 aromatic carbocycles. The molecule has 18 heavy (non-hydrogen) atoms. The molecule has 102 valence electrons. The van der Waals surface area contributed by atoms with Crippen LogP contribution >= 0.6 is 12.4 Å². The average Bonchev–Trinajstić information content (AvgIpc) is 2.32. The van der Waals surface area contributed by atoms with Gasteiger partial charge < -0.3 is 15.8 Å². The Morgan fingerprint density at radius 3 is 2.72 bits per heavy atom. The molecule has 0 saturated heterocycles. The van der Waals surface area contributed by atoms with E-state index in [0.717, 1.165) is 19.3 Å². The second kappa shape index (κ2) is 9.74. The van der Waals surface area contributed by atoms with Crippen molar-refractivity contribution in [3.05, 3.63) is 24.3 Å². The van der Waals surface area contributed by atoms with Crippen molar-refractivity contribution in [2.24, 2.45) is 0 Å². The van der Waals surface area contributed by atoms with Crippen molar-refractivity contribution in [3.63, 3.8) is 0 Å². The summed E-state index contributed by atoms with van der Waals surface area (Å²) in [5.41, 5.74) is 6.90. The van der Waals surface area contributed by atoms with E-state index < -0.39 is 0 Å². The van der Waals surface area contributed by atoms with E-state index in [0.29, 0.717) is 18.0 Å². The summed E-state index contributed by atoms with van der Waals surface area (Å²) in [4.78, 5) is 11.5. The number of nitrogen functional groups attached to an aromatic ring is 1. The molecule has 0 atom stereocenters. The third-order valence-electron chi connectivity index (χ3n) is 2.36. The first-order valence-electron chi connectivity index (χ1n) is 5.96. The summed E-state index contributed by atoms with van der Waals surface area (Å²) in [5, 5.41) is 2.71. The number of para-hydroxylation sites is 2. The maximum atomic E-state index is 11.5. The molecule has 0 saturated carbocycles. The normalized spacial score (nSPS) is 9.61. The molecule has 0 unspecified atom stereocenters. The Morgan fingerprint density at radius 1 is 1.33 bits per heavy atom. The number of halogens is 1. The second-order valence-corrected chi connectivity index (χ2v) is 3.90. The maximum absolute atomic E-state index is 11.5. The Morgan fingerprint density at radius 2 is 2.06 bits per heavy atom. The highest BCUT2D eigenvalue weighted by molar-refractivity contribution is 5.94. The number of anilines is 2. The van der Waals surface area contributed by atoms with Crippen LogP contribution in [0.4, 0.5) is 11.4 Å². The molecule has 0 heterocycles. The highest BCUT2D eigenvalue weighted by Gasteiger charge is 2.04. The number of carbonyl (C=O) groups is 1. The molecule has 0 aromatic heterocycles. The number of ether oxygens (including phenoxy) is 1. The molecule has 4 nitrogen and oxygen atoms in total. The van der Waals surface area contributed by atoms with Gasteiger partial charge in [0, 0.05) is 6.61 Å². The molecule has 0 radical (unpaired) electrons. The molecule has 3 N–H and O–H groups in total. The first-order chi connectivity index (χ1) is 8.24. The average molecular weight is 273 g/mol. The van der Waals surface area contributed by atoms with E-state index in [4.69, 9.17) is 10.5 Å². The van der Waals surface area contributed by atoms with Gasteiger partial charge in [-0.3, -0.25) is 4.79 Å². The van der Waals surface area contributed by atoms with Crippen LogP contribution in [0, 0.1) is 0 Å². The Hall–Kier alpha value is -1.26. The first kappa shape index (κ1) is 16.7. The number of hydrogen-bond donors (Lipinski definition) is 2. The van der Waals surface area contributed by atoms with E-state index >= 15 is 0 Å². The minimum absolute atomic E-state index is 0. The van der Waals surface area contributed by atoms with E-state index in [2.05, 4.69) is 12.2 Å². The molecular formula is C13H21ClN2O2. The van der Waals surface area contributed by atoms with E-state index in [1.54, 1.807) is 12.1 Å². The third-order valence-corrected chi connectivity index (χ3v) is 2.36. The number of benzene rings is 1. The number of nitrogens with one attached hydrogen (secondary N) is 1. The fraction of sp³-hybridized carbons (Fsp3) is 0.462. The van der Waals surface area contributed by atoms with Gasteiger partial charge in [-0.15, -0.1) is 12.4 Å². The van der Waals surface area contributed by atoms with Gasteiger partial charge >= 0.3 is 0 Å². The SMILES string of the molecule is CCCCCOCC(=O)Nc1ccccc1N.Cl. The topological polar surface area (TPSA) is 64.3 Å². The molecule has 0 fully saturated rings. The van der Waals surface area contributed by atoms with Crippen LogP contribution in [0.15, 0.2) is 24.3 Å². The molecule has 0 aliphatic rings. The fourth-order valence-electron chi connectivity index (χ4n) is 1.42. The lowest BCUT2D eigenvalue weighted by Gasteiger charge is -2.08. The van der Waals surface area contributed by atoms with Crippen molar-refractivity contribution in [2.45, 2.75) is 26.2 Å². The minimum atomic E-state index is -0.167. The second-order valence-electron chi connectivity index (χ2n) is 3.90. The molecule has 0 aliphatic carbocycles. The minimum Gasteiger partial charge on any atom is -0.397 e. The molecule has 1 aromatic rings. The van der Waals surface area contributed by atoms with Gasteiger partial charge in [-0.2, -0.15) is 0 Å². The number of rotatable bonds is 7. The van der Waals surface area contributed by atoms with Crippen LogP contribution in [0.5, 0.6) is 0 Å². The van der Waals surface area contributed by atoms with Crippen LogP contribution in [0.25, 0.3) is 0 Å². The van der Waals surface area contributed by atoms with E-state index in [1.165, 1.54) is 0 Å². The van der Waals surface area contributed by atoms with Crippen LogP contribution < -0.4 is 11.1 Å². The molecule has 0 bridgehead atoms. The van der Waals surface area contributed by atoms with Crippen molar-refractivity contribution < 1.29 is 9.53 Å². The van der Waals surface area contributed by atoms with Crippen LogP contribution in [0.1, 0.15) is 26.2 Å². The largest absolute Gasteiger partial charge is 0.397 e. The standard InChI is InChI=1S/C13H20N2O2.ClH/c1-2-3-6-9-17-10-13(16)15-12-8-5-4-7-11(12)14;/h4-5,7-8H,2-3,6,9-10,14H2,1H3,(H,15,16);1H. The lowest BCUT2D eigenvalue weighted by molar-refractivity contribution is -0.120. The van der Waals surface area contributed by atoms with E-state index in [-0.39, 0.29) is 24.9 Å². The summed E-state index contributed by atoms with van der Waals surface area (Å²) in [6.07, 6.45) is 3.28. The lowest BCUT2D eigenvalue weighted by Crippen LogP contribution is -2.19. The predicted octanol–water partition coefficient (Wildman–Crippen LogP) is 2.84. The summed E-state index contributed by atoms with van der Waals surface area (Å²) < 4.78 is 5.26. The molecular weight excluding hydrogens is 252 g/mol. The molecule has 1 rings (SSSR count). The van der Waals surface area contributed by atoms with Crippen molar-refractivity contribution >= 4 is 29.7 Å². The third kappa shape index (κ3) is 6.47. The zero-order chi connectivity index (χ0) is 12.5. The highest BCUT2D eigenvalue weighted by Crippen LogP contribution is 2.16. The number of nitrogens with two attached hydrogens (primary N) is 1. The van der Waals surface area contributed by atoms with Crippen LogP contribution in [0.2, 0.25) is 0 Å². The van der Waals surface area contributed by atoms with Gasteiger partial charge in [0.25, 0.3) is 0 Å². The number of carbonyl (C=O) groups excluding carboxylic acids is 1. The number of hydrogen-bond acceptors (Lipinski definition) is 3. The van der Waals surface area contributed by atoms with Crippen LogP contribution in [-0.4, -0.2) is 19.1 Å². The highest BCUT2D eigenvalue weighted by atomic mass is 35.5. The van der Waals surface area contributed by atoms with Gasteiger partial charge in [-0.05, 0) is 18.6 Å². The van der Waals surface area contributed by atoms with Crippen molar-refractivity contribution in [2.75, 3.05) is 24.3 Å². The Balaban J connectivity index is 0.00000289. The zero-order valence-electron chi connectivity index (χ0n) is 10.6. The quantitative estimate of drug-likeness (QED) is 0.593. The Bertz CT molecular complexity index is 359. The monoisotopic (exact) mass is 272 g/mol. The lowest BCUT2D eigenvalue weighted by atomic mass is 10.2. The van der Waals surface area contributed by atoms with Gasteiger partial charge in [-0.1, -0.05) is 31.9 Å². The van der Waals surface area contributed by atoms with Gasteiger partial charge in [0.1, 0.15) is 6.61 Å². The number of amides is 1. The van der Waals surface area contributed by atoms with E-state index in [9.17, 15) is 4.79 Å². The predicted molar refractivity (Wildman–Crippen MR) is 77.1 cm³/mol. The fourth-order valence-corrected chi connectivity index (χ4v) is 1.42. The van der Waals surface area contributed by atoms with Gasteiger partial charge in [0.2, 0.25) is 5.91 Å². The van der Waals surface area contributed by atoms with Crippen molar-refractivity contribution in [1.29, 1.82) is 0 Å². The zero-order valence-corrected chi connectivity index (χ0v) is 11.5. The number of unbranched alkanes of at least 4 members (excludes halogenated alkanes) is 2. The summed E-state index contributed by atoms with van der Waals surface area (Å²) in [6, 6.07) is 7.17. The van der Waals surface area contributed by atoms with E-state index in [1.807, 2.05) is 12.1 Å². The summed E-state index contributed by atoms with van der Waals surface area (Å²) in [6.45, 7) is 2.84. The molecule has 0 spiro atoms. The maximum Gasteiger partial charge on any atom is 0.250 e. The van der Waals surface area contributed by atoms with Gasteiger partial charge in [0.15, 0.2) is 0 Å². The molecule has 0 aliphatic heterocycles. The van der Waals surface area contributed by atoms with Crippen LogP contribution in [0.3, 0.4) is 0 Å². The molecule has 5 heteroatoms. The van der Waals surface area contributed by atoms with Crippen molar-refractivity contribution in [1.82, 2.24) is 0 Å². The van der Waals surface area contributed by atoms with Crippen LogP contribution in [-0.2, 0) is 9.53 Å². The Kier molecular flexibility index (Phi) is 9.06. The molecule has 1 amide bonds. The summed E-state index contributed by atoms with van der Waals surface area (Å²) in [7, 11) is 0. The summed E-state index contributed by atoms with van der Waals surface area (Å²) in [5.74, 6) is -0.167. The summed E-state index contributed by atoms with van der Waals surface area (Å²) >= 11 is 0.